The Morgan fingerprint density at radius 3 is 2.56 bits per heavy atom. The first-order chi connectivity index (χ1) is 12.1. The molecule has 2 aromatic rings. The zero-order valence-electron chi connectivity index (χ0n) is 14.4. The van der Waals surface area contributed by atoms with Gasteiger partial charge in [-0.05, 0) is 18.2 Å². The minimum atomic E-state index is -0.486. The molecule has 8 nitrogen and oxygen atoms in total. The lowest BCUT2D eigenvalue weighted by atomic mass is 10.1. The first kappa shape index (κ1) is 17.4. The highest BCUT2D eigenvalue weighted by atomic mass is 16.7. The van der Waals surface area contributed by atoms with E-state index >= 15 is 0 Å². The molecule has 0 bridgehead atoms. The monoisotopic (exact) mass is 347 g/mol. The van der Waals surface area contributed by atoms with Crippen molar-refractivity contribution < 1.29 is 24.1 Å². The van der Waals surface area contributed by atoms with Gasteiger partial charge in [0.1, 0.15) is 6.10 Å². The van der Waals surface area contributed by atoms with Gasteiger partial charge in [0.05, 0.1) is 24.5 Å². The van der Waals surface area contributed by atoms with Gasteiger partial charge in [-0.25, -0.2) is 4.79 Å². The third-order valence-electron chi connectivity index (χ3n) is 4.14. The summed E-state index contributed by atoms with van der Waals surface area (Å²) in [7, 11) is 4.97. The van der Waals surface area contributed by atoms with E-state index in [4.69, 9.17) is 19.3 Å². The van der Waals surface area contributed by atoms with E-state index in [2.05, 4.69) is 5.10 Å². The molecule has 0 unspecified atom stereocenters. The summed E-state index contributed by atoms with van der Waals surface area (Å²) in [4.78, 5) is 13.3. The maximum absolute atomic E-state index is 11.8. The van der Waals surface area contributed by atoms with Crippen LogP contribution < -0.4 is 4.90 Å². The molecule has 1 fully saturated rings. The zero-order chi connectivity index (χ0) is 18.0. The zero-order valence-corrected chi connectivity index (χ0v) is 14.4. The Balaban J connectivity index is 1.81. The molecule has 1 aromatic heterocycles. The summed E-state index contributed by atoms with van der Waals surface area (Å²) in [5.74, 6) is 0. The molecule has 134 valence electrons. The standard InChI is InChI=1S/C17H21N3O5/c1-19-15(16(23-2)24-3)8-14(18-19)11-4-6-12(7-5-11)20-9-13(10-21)25-17(20)22/h4-8,13,16,21H,9-10H2,1-3H3/t13-/m1/s1. The van der Waals surface area contributed by atoms with Crippen molar-refractivity contribution in [2.75, 3.05) is 32.3 Å². The predicted molar refractivity (Wildman–Crippen MR) is 90.1 cm³/mol. The molecule has 3 rings (SSSR count). The van der Waals surface area contributed by atoms with E-state index < -0.39 is 18.5 Å². The number of carbonyl (C=O) groups excluding carboxylic acids is 1. The van der Waals surface area contributed by atoms with Gasteiger partial charge in [-0.1, -0.05) is 12.1 Å². The number of aliphatic hydroxyl groups excluding tert-OH is 1. The third-order valence-corrected chi connectivity index (χ3v) is 4.14. The molecule has 1 aliphatic rings. The molecule has 2 heterocycles. The summed E-state index contributed by atoms with van der Waals surface area (Å²) in [6.45, 7) is 0.156. The normalized spacial score (nSPS) is 17.4. The van der Waals surface area contributed by atoms with Crippen LogP contribution >= 0.6 is 0 Å². The van der Waals surface area contributed by atoms with Gasteiger partial charge >= 0.3 is 6.09 Å². The van der Waals surface area contributed by atoms with E-state index in [1.165, 1.54) is 4.90 Å². The molecule has 1 atom stereocenters. The van der Waals surface area contributed by atoms with Gasteiger partial charge in [0.15, 0.2) is 6.29 Å². The average molecular weight is 347 g/mol. The molecule has 0 saturated carbocycles. The lowest BCUT2D eigenvalue weighted by molar-refractivity contribution is -0.110. The highest BCUT2D eigenvalue weighted by Gasteiger charge is 2.31. The number of rotatable bonds is 6. The molecule has 1 aliphatic heterocycles. The van der Waals surface area contributed by atoms with Gasteiger partial charge in [0.2, 0.25) is 0 Å². The second kappa shape index (κ2) is 7.22. The number of methoxy groups -OCH3 is 2. The number of benzene rings is 1. The van der Waals surface area contributed by atoms with E-state index in [1.54, 1.807) is 18.9 Å². The molecule has 1 N–H and O–H groups in total. The maximum Gasteiger partial charge on any atom is 0.414 e. The van der Waals surface area contributed by atoms with Crippen molar-refractivity contribution in [3.8, 4) is 11.3 Å². The SMILES string of the molecule is COC(OC)c1cc(-c2ccc(N3C[C@H](CO)OC3=O)cc2)nn1C. The summed E-state index contributed by atoms with van der Waals surface area (Å²) in [6.07, 6.45) is -1.42. The number of aliphatic hydroxyl groups is 1. The van der Waals surface area contributed by atoms with Crippen molar-refractivity contribution in [1.82, 2.24) is 9.78 Å². The van der Waals surface area contributed by atoms with Crippen LogP contribution in [0.4, 0.5) is 10.5 Å². The molecule has 8 heteroatoms. The second-order valence-corrected chi connectivity index (χ2v) is 5.73. The highest BCUT2D eigenvalue weighted by molar-refractivity contribution is 5.90. The Morgan fingerprint density at radius 2 is 2.00 bits per heavy atom. The van der Waals surface area contributed by atoms with Crippen LogP contribution in [0.3, 0.4) is 0 Å². The van der Waals surface area contributed by atoms with E-state index in [0.29, 0.717) is 12.2 Å². The summed E-state index contributed by atoms with van der Waals surface area (Å²) in [5.41, 5.74) is 3.20. The van der Waals surface area contributed by atoms with E-state index in [1.807, 2.05) is 37.4 Å². The van der Waals surface area contributed by atoms with Crippen molar-refractivity contribution >= 4 is 11.8 Å². The number of ether oxygens (including phenoxy) is 3. The Labute approximate surface area is 145 Å². The van der Waals surface area contributed by atoms with Crippen LogP contribution in [-0.4, -0.2) is 54.5 Å². The van der Waals surface area contributed by atoms with Crippen molar-refractivity contribution in [1.29, 1.82) is 0 Å². The number of carbonyl (C=O) groups is 1. The number of aromatic nitrogens is 2. The molecule has 1 amide bonds. The molecule has 0 radical (unpaired) electrons. The molecule has 1 aromatic carbocycles. The Bertz CT molecular complexity index is 739. The van der Waals surface area contributed by atoms with E-state index in [0.717, 1.165) is 17.0 Å². The second-order valence-electron chi connectivity index (χ2n) is 5.73. The van der Waals surface area contributed by atoms with Gasteiger partial charge in [-0.2, -0.15) is 5.10 Å². The molecule has 0 aliphatic carbocycles. The molecule has 1 saturated heterocycles. The lowest BCUT2D eigenvalue weighted by Crippen LogP contribution is -2.25. The highest BCUT2D eigenvalue weighted by Crippen LogP contribution is 2.27. The van der Waals surface area contributed by atoms with Gasteiger partial charge in [-0.3, -0.25) is 9.58 Å². The summed E-state index contributed by atoms with van der Waals surface area (Å²) in [6, 6.07) is 9.33. The molecular formula is C17H21N3O5. The number of anilines is 1. The van der Waals surface area contributed by atoms with Crippen LogP contribution in [0.15, 0.2) is 30.3 Å². The lowest BCUT2D eigenvalue weighted by Gasteiger charge is -2.13. The van der Waals surface area contributed by atoms with Crippen molar-refractivity contribution in [3.63, 3.8) is 0 Å². The summed E-state index contributed by atoms with van der Waals surface area (Å²) < 4.78 is 17.3. The first-order valence-electron chi connectivity index (χ1n) is 7.86. The fraction of sp³-hybridized carbons (Fsp3) is 0.412. The number of nitrogens with zero attached hydrogens (tertiary/aromatic N) is 3. The summed E-state index contributed by atoms with van der Waals surface area (Å²) >= 11 is 0. The fourth-order valence-electron chi connectivity index (χ4n) is 2.82. The van der Waals surface area contributed by atoms with Crippen LogP contribution in [-0.2, 0) is 21.3 Å². The average Bonchev–Trinajstić information content (AvgIpc) is 3.19. The first-order valence-corrected chi connectivity index (χ1v) is 7.86. The van der Waals surface area contributed by atoms with Crippen molar-refractivity contribution in [2.45, 2.75) is 12.4 Å². The van der Waals surface area contributed by atoms with Crippen LogP contribution in [0.1, 0.15) is 12.0 Å². The predicted octanol–water partition coefficient (Wildman–Crippen LogP) is 1.70. The minimum absolute atomic E-state index is 0.183. The molecular weight excluding hydrogens is 326 g/mol. The number of aryl methyl sites for hydroxylation is 1. The van der Waals surface area contributed by atoms with Gasteiger partial charge < -0.3 is 19.3 Å². The van der Waals surface area contributed by atoms with E-state index in [9.17, 15) is 4.79 Å². The smallest absolute Gasteiger partial charge is 0.414 e. The Hall–Kier alpha value is -2.42. The largest absolute Gasteiger partial charge is 0.441 e. The maximum atomic E-state index is 11.8. The van der Waals surface area contributed by atoms with Crippen LogP contribution in [0, 0.1) is 0 Å². The molecule has 0 spiro atoms. The third kappa shape index (κ3) is 3.37. The number of hydrogen-bond donors (Lipinski definition) is 1. The number of hydrogen-bond acceptors (Lipinski definition) is 6. The van der Waals surface area contributed by atoms with Gasteiger partial charge in [0, 0.05) is 32.5 Å². The Morgan fingerprint density at radius 1 is 1.32 bits per heavy atom. The van der Waals surface area contributed by atoms with Crippen molar-refractivity contribution in [2.24, 2.45) is 7.05 Å². The van der Waals surface area contributed by atoms with Gasteiger partial charge in [-0.15, -0.1) is 0 Å². The topological polar surface area (TPSA) is 86.1 Å². The Kier molecular flexibility index (Phi) is 5.03. The quantitative estimate of drug-likeness (QED) is 0.801. The van der Waals surface area contributed by atoms with E-state index in [-0.39, 0.29) is 6.61 Å². The van der Waals surface area contributed by atoms with Crippen LogP contribution in [0.2, 0.25) is 0 Å². The van der Waals surface area contributed by atoms with Crippen LogP contribution in [0.5, 0.6) is 0 Å². The molecule has 25 heavy (non-hydrogen) atoms. The number of amides is 1. The van der Waals surface area contributed by atoms with Gasteiger partial charge in [0.25, 0.3) is 0 Å². The fourth-order valence-corrected chi connectivity index (χ4v) is 2.82. The number of cyclic esters (lactones) is 1. The van der Waals surface area contributed by atoms with Crippen LogP contribution in [0.25, 0.3) is 11.3 Å². The van der Waals surface area contributed by atoms with Crippen molar-refractivity contribution in [3.05, 3.63) is 36.0 Å². The minimum Gasteiger partial charge on any atom is -0.441 e. The summed E-state index contributed by atoms with van der Waals surface area (Å²) in [5, 5.41) is 13.6.